The molecule has 2 aliphatic rings. The zero-order valence-corrected chi connectivity index (χ0v) is 15.5. The molecular formula is C16H20N2O4S2. The second kappa shape index (κ2) is 6.50. The summed E-state index contributed by atoms with van der Waals surface area (Å²) in [5.74, 6) is -0.145. The summed E-state index contributed by atoms with van der Waals surface area (Å²) >= 11 is 1.37. The zero-order valence-electron chi connectivity index (χ0n) is 13.9. The Morgan fingerprint density at radius 2 is 1.96 bits per heavy atom. The first kappa shape index (κ1) is 17.4. The fourth-order valence-corrected chi connectivity index (χ4v) is 7.15. The van der Waals surface area contributed by atoms with Crippen LogP contribution in [-0.2, 0) is 19.4 Å². The Bertz CT molecular complexity index is 784. The Morgan fingerprint density at radius 1 is 1.29 bits per heavy atom. The van der Waals surface area contributed by atoms with E-state index in [0.29, 0.717) is 5.17 Å². The van der Waals surface area contributed by atoms with Gasteiger partial charge in [0.2, 0.25) is 0 Å². The van der Waals surface area contributed by atoms with Crippen LogP contribution in [0.4, 0.5) is 5.69 Å². The maximum absolute atomic E-state index is 12.0. The van der Waals surface area contributed by atoms with Gasteiger partial charge in [-0.15, -0.1) is 0 Å². The van der Waals surface area contributed by atoms with Crippen LogP contribution in [0.2, 0.25) is 0 Å². The zero-order chi connectivity index (χ0) is 17.5. The molecule has 2 atom stereocenters. The molecule has 8 heteroatoms. The number of ether oxygens (including phenoxy) is 1. The molecule has 2 heterocycles. The molecule has 0 unspecified atom stereocenters. The monoisotopic (exact) mass is 368 g/mol. The number of methoxy groups -OCH3 is 1. The summed E-state index contributed by atoms with van der Waals surface area (Å²) in [5, 5.41) is 0.469. The van der Waals surface area contributed by atoms with Crippen LogP contribution in [0.1, 0.15) is 11.1 Å². The van der Waals surface area contributed by atoms with Gasteiger partial charge in [0.25, 0.3) is 5.91 Å². The lowest BCUT2D eigenvalue weighted by Gasteiger charge is -2.25. The second-order valence-electron chi connectivity index (χ2n) is 6.24. The first-order valence-electron chi connectivity index (χ1n) is 7.64. The number of hydrogen-bond donors (Lipinski definition) is 0. The summed E-state index contributed by atoms with van der Waals surface area (Å²) in [6, 6.07) is 5.87. The van der Waals surface area contributed by atoms with Gasteiger partial charge in [0.15, 0.2) is 15.0 Å². The number of benzene rings is 1. The van der Waals surface area contributed by atoms with E-state index in [9.17, 15) is 13.2 Å². The van der Waals surface area contributed by atoms with Crippen molar-refractivity contribution in [2.45, 2.75) is 25.1 Å². The van der Waals surface area contributed by atoms with Gasteiger partial charge in [0.1, 0.15) is 6.61 Å². The number of fused-ring (bicyclic) bond motifs is 1. The summed E-state index contributed by atoms with van der Waals surface area (Å²) in [6.45, 7) is 3.91. The van der Waals surface area contributed by atoms with Crippen LogP contribution in [0, 0.1) is 13.8 Å². The highest BCUT2D eigenvalue weighted by Crippen LogP contribution is 2.41. The molecule has 0 bridgehead atoms. The minimum absolute atomic E-state index is 0.0849. The normalized spacial score (nSPS) is 26.8. The molecule has 0 spiro atoms. The van der Waals surface area contributed by atoms with Crippen LogP contribution in [0.3, 0.4) is 0 Å². The van der Waals surface area contributed by atoms with Gasteiger partial charge in [-0.05, 0) is 37.1 Å². The van der Waals surface area contributed by atoms with Crippen molar-refractivity contribution in [3.8, 4) is 0 Å². The van der Waals surface area contributed by atoms with Gasteiger partial charge in [-0.1, -0.05) is 17.8 Å². The van der Waals surface area contributed by atoms with Gasteiger partial charge in [-0.25, -0.2) is 8.42 Å². The molecule has 3 rings (SSSR count). The molecule has 0 radical (unpaired) electrons. The Morgan fingerprint density at radius 3 is 2.58 bits per heavy atom. The fourth-order valence-electron chi connectivity index (χ4n) is 3.22. The third-order valence-corrected chi connectivity index (χ3v) is 7.25. The summed E-state index contributed by atoms with van der Waals surface area (Å²) in [6.07, 6.45) is 0. The van der Waals surface area contributed by atoms with Crippen molar-refractivity contribution in [2.24, 2.45) is 4.99 Å². The molecule has 1 aromatic rings. The first-order chi connectivity index (χ1) is 11.3. The molecule has 0 aliphatic carbocycles. The number of hydrogen-bond acceptors (Lipinski definition) is 5. The van der Waals surface area contributed by atoms with E-state index in [0.717, 1.165) is 16.8 Å². The first-order valence-corrected chi connectivity index (χ1v) is 10.3. The molecule has 6 nitrogen and oxygen atoms in total. The van der Waals surface area contributed by atoms with Crippen LogP contribution >= 0.6 is 11.8 Å². The van der Waals surface area contributed by atoms with Crippen molar-refractivity contribution in [3.05, 3.63) is 29.3 Å². The maximum atomic E-state index is 12.0. The Labute approximate surface area is 146 Å². The third kappa shape index (κ3) is 3.50. The quantitative estimate of drug-likeness (QED) is 0.806. The molecule has 0 aromatic heterocycles. The van der Waals surface area contributed by atoms with Crippen LogP contribution in [-0.4, -0.2) is 56.0 Å². The SMILES string of the molecule is COCC(=O)N=C1S[C@H]2CS(=O)(=O)C[C@@H]2N1c1cc(C)cc(C)c1. The van der Waals surface area contributed by atoms with Crippen molar-refractivity contribution in [1.82, 2.24) is 0 Å². The Hall–Kier alpha value is -1.38. The van der Waals surface area contributed by atoms with Gasteiger partial charge >= 0.3 is 0 Å². The van der Waals surface area contributed by atoms with Crippen molar-refractivity contribution in [3.63, 3.8) is 0 Å². The highest BCUT2D eigenvalue weighted by atomic mass is 32.2. The number of nitrogens with zero attached hydrogens (tertiary/aromatic N) is 2. The highest BCUT2D eigenvalue weighted by Gasteiger charge is 2.49. The number of rotatable bonds is 3. The number of thioether (sulfide) groups is 1. The standard InChI is InChI=1S/C16H20N2O4S2/c1-10-4-11(2)6-12(5-10)18-13-8-24(20,21)9-14(13)23-16(18)17-15(19)7-22-3/h4-6,13-14H,7-9H2,1-3H3/t13-,14-/m0/s1. The minimum Gasteiger partial charge on any atom is -0.375 e. The average Bonchev–Trinajstić information content (AvgIpc) is 2.88. The number of sulfone groups is 1. The van der Waals surface area contributed by atoms with E-state index in [1.54, 1.807) is 0 Å². The van der Waals surface area contributed by atoms with E-state index in [1.165, 1.54) is 18.9 Å². The third-order valence-electron chi connectivity index (χ3n) is 4.04. The van der Waals surface area contributed by atoms with Gasteiger partial charge < -0.3 is 9.64 Å². The largest absolute Gasteiger partial charge is 0.375 e. The lowest BCUT2D eigenvalue weighted by molar-refractivity contribution is -0.121. The molecular weight excluding hydrogens is 348 g/mol. The van der Waals surface area contributed by atoms with Crippen molar-refractivity contribution >= 4 is 38.4 Å². The highest BCUT2D eigenvalue weighted by molar-refractivity contribution is 8.16. The number of amidine groups is 1. The van der Waals surface area contributed by atoms with E-state index >= 15 is 0 Å². The fraction of sp³-hybridized carbons (Fsp3) is 0.500. The maximum Gasteiger partial charge on any atom is 0.274 e. The van der Waals surface area contributed by atoms with Gasteiger partial charge in [0.05, 0.1) is 17.5 Å². The van der Waals surface area contributed by atoms with E-state index in [1.807, 2.05) is 30.9 Å². The number of anilines is 1. The molecule has 2 fully saturated rings. The minimum atomic E-state index is -3.06. The molecule has 1 aromatic carbocycles. The van der Waals surface area contributed by atoms with E-state index in [-0.39, 0.29) is 35.3 Å². The molecule has 0 saturated carbocycles. The Kier molecular flexibility index (Phi) is 4.72. The number of aryl methyl sites for hydroxylation is 2. The van der Waals surface area contributed by atoms with Crippen LogP contribution < -0.4 is 4.90 Å². The Balaban J connectivity index is 2.02. The van der Waals surface area contributed by atoms with E-state index in [4.69, 9.17) is 4.74 Å². The van der Waals surface area contributed by atoms with Gasteiger partial charge in [0, 0.05) is 18.0 Å². The number of carbonyl (C=O) groups excluding carboxylic acids is 1. The van der Waals surface area contributed by atoms with Crippen LogP contribution in [0.5, 0.6) is 0 Å². The molecule has 2 aliphatic heterocycles. The summed E-state index contributed by atoms with van der Waals surface area (Å²) in [5.41, 5.74) is 3.05. The number of amides is 1. The molecule has 130 valence electrons. The smallest absolute Gasteiger partial charge is 0.274 e. The van der Waals surface area contributed by atoms with Crippen molar-refractivity contribution in [1.29, 1.82) is 0 Å². The second-order valence-corrected chi connectivity index (χ2v) is 9.60. The molecule has 2 saturated heterocycles. The van der Waals surface area contributed by atoms with Crippen molar-refractivity contribution < 1.29 is 17.9 Å². The van der Waals surface area contributed by atoms with Crippen LogP contribution in [0.25, 0.3) is 0 Å². The predicted octanol–water partition coefficient (Wildman–Crippen LogP) is 1.55. The van der Waals surface area contributed by atoms with E-state index < -0.39 is 9.84 Å². The van der Waals surface area contributed by atoms with E-state index in [2.05, 4.69) is 11.1 Å². The molecule has 0 N–H and O–H groups in total. The van der Waals surface area contributed by atoms with Crippen molar-refractivity contribution in [2.75, 3.05) is 30.1 Å². The topological polar surface area (TPSA) is 76.0 Å². The summed E-state index contributed by atoms with van der Waals surface area (Å²) in [7, 11) is -1.61. The van der Waals surface area contributed by atoms with Gasteiger partial charge in [-0.2, -0.15) is 4.99 Å². The molecule has 1 amide bonds. The lowest BCUT2D eigenvalue weighted by Crippen LogP contribution is -2.38. The average molecular weight is 368 g/mol. The molecule has 24 heavy (non-hydrogen) atoms. The number of carbonyl (C=O) groups is 1. The van der Waals surface area contributed by atoms with Gasteiger partial charge in [-0.3, -0.25) is 4.79 Å². The summed E-state index contributed by atoms with van der Waals surface area (Å²) < 4.78 is 28.9. The number of aliphatic imine (C=N–C) groups is 1. The predicted molar refractivity (Wildman–Crippen MR) is 96.5 cm³/mol. The summed E-state index contributed by atoms with van der Waals surface area (Å²) in [4.78, 5) is 18.0. The van der Waals surface area contributed by atoms with Crippen LogP contribution in [0.15, 0.2) is 23.2 Å². The lowest BCUT2D eigenvalue weighted by atomic mass is 10.1.